The fraction of sp³-hybridized carbons (Fsp3) is 0.467. The number of hydrogen-bond donors (Lipinski definition) is 2. The highest BCUT2D eigenvalue weighted by molar-refractivity contribution is 8.01. The lowest BCUT2D eigenvalue weighted by Gasteiger charge is -2.15. The first-order valence-electron chi connectivity index (χ1n) is 6.89. The molecule has 116 valence electrons. The summed E-state index contributed by atoms with van der Waals surface area (Å²) < 4.78 is 12.7. The number of benzene rings is 1. The Morgan fingerprint density at radius 1 is 1.24 bits per heavy atom. The molecule has 4 nitrogen and oxygen atoms in total. The highest BCUT2D eigenvalue weighted by Gasteiger charge is 2.16. The van der Waals surface area contributed by atoms with Gasteiger partial charge in [-0.25, -0.2) is 4.39 Å². The Hall–Kier alpha value is -1.56. The Kier molecular flexibility index (Phi) is 7.22. The molecule has 0 fully saturated rings. The van der Waals surface area contributed by atoms with Gasteiger partial charge in [-0.3, -0.25) is 9.59 Å². The van der Waals surface area contributed by atoms with Crippen LogP contribution in [0.25, 0.3) is 0 Å². The van der Waals surface area contributed by atoms with Crippen LogP contribution in [0.15, 0.2) is 24.3 Å². The molecule has 0 aromatic heterocycles. The highest BCUT2D eigenvalue weighted by atomic mass is 32.2. The summed E-state index contributed by atoms with van der Waals surface area (Å²) in [6.07, 6.45) is 0.869. The maximum Gasteiger partial charge on any atom is 0.234 e. The molecule has 1 aromatic rings. The molecule has 1 aromatic carbocycles. The van der Waals surface area contributed by atoms with E-state index in [1.807, 2.05) is 13.8 Å². The third kappa shape index (κ3) is 6.62. The summed E-state index contributed by atoms with van der Waals surface area (Å²) in [5.41, 5.74) is 0.540. The van der Waals surface area contributed by atoms with E-state index in [-0.39, 0.29) is 34.7 Å². The topological polar surface area (TPSA) is 58.2 Å². The normalized spacial score (nSPS) is 13.3. The van der Waals surface area contributed by atoms with Crippen LogP contribution < -0.4 is 10.6 Å². The molecule has 0 spiro atoms. The maximum atomic E-state index is 12.7. The Bertz CT molecular complexity index is 479. The number of amides is 2. The zero-order valence-electron chi connectivity index (χ0n) is 12.5. The van der Waals surface area contributed by atoms with Crippen molar-refractivity contribution in [3.05, 3.63) is 30.1 Å². The van der Waals surface area contributed by atoms with E-state index < -0.39 is 0 Å². The van der Waals surface area contributed by atoms with E-state index >= 15 is 0 Å². The summed E-state index contributed by atoms with van der Waals surface area (Å²) in [6.45, 7) is 5.71. The van der Waals surface area contributed by atoms with Crippen LogP contribution in [0.3, 0.4) is 0 Å². The van der Waals surface area contributed by atoms with Crippen LogP contribution in [-0.4, -0.2) is 28.9 Å². The second-order valence-electron chi connectivity index (χ2n) is 4.83. The van der Waals surface area contributed by atoms with Gasteiger partial charge in [0.05, 0.1) is 11.0 Å². The zero-order chi connectivity index (χ0) is 15.8. The average molecular weight is 312 g/mol. The molecule has 0 bridgehead atoms. The van der Waals surface area contributed by atoms with Crippen LogP contribution in [0.4, 0.5) is 10.1 Å². The van der Waals surface area contributed by atoms with Crippen LogP contribution in [0.2, 0.25) is 0 Å². The number of anilines is 1. The Labute approximate surface area is 128 Å². The first-order valence-corrected chi connectivity index (χ1v) is 7.94. The van der Waals surface area contributed by atoms with E-state index in [1.54, 1.807) is 6.92 Å². The van der Waals surface area contributed by atoms with Crippen molar-refractivity contribution < 1.29 is 14.0 Å². The number of hydrogen-bond acceptors (Lipinski definition) is 3. The molecule has 2 atom stereocenters. The maximum absolute atomic E-state index is 12.7. The molecule has 0 aliphatic rings. The number of nitrogens with one attached hydrogen (secondary N) is 2. The molecule has 6 heteroatoms. The monoisotopic (exact) mass is 312 g/mol. The molecule has 2 N–H and O–H groups in total. The highest BCUT2D eigenvalue weighted by Crippen LogP contribution is 2.13. The summed E-state index contributed by atoms with van der Waals surface area (Å²) in [5.74, 6) is -0.455. The number of thioether (sulfide) groups is 1. The number of rotatable bonds is 7. The first-order chi connectivity index (χ1) is 9.92. The van der Waals surface area contributed by atoms with Crippen LogP contribution in [0, 0.1) is 5.82 Å². The molecule has 0 radical (unpaired) electrons. The SMILES string of the molecule is CCC(C)NC(=O)C(C)SCC(=O)Nc1ccc(F)cc1. The third-order valence-corrected chi connectivity index (χ3v) is 4.11. The largest absolute Gasteiger partial charge is 0.353 e. The molecule has 2 amide bonds. The van der Waals surface area contributed by atoms with Gasteiger partial charge in [0, 0.05) is 11.7 Å². The van der Waals surface area contributed by atoms with E-state index in [0.29, 0.717) is 5.69 Å². The van der Waals surface area contributed by atoms with Crippen molar-refractivity contribution in [3.63, 3.8) is 0 Å². The lowest BCUT2D eigenvalue weighted by molar-refractivity contribution is -0.120. The zero-order valence-corrected chi connectivity index (χ0v) is 13.3. The molecule has 0 heterocycles. The van der Waals surface area contributed by atoms with Gasteiger partial charge in [0.15, 0.2) is 0 Å². The van der Waals surface area contributed by atoms with Crippen molar-refractivity contribution in [1.29, 1.82) is 0 Å². The van der Waals surface area contributed by atoms with Gasteiger partial charge in [-0.15, -0.1) is 11.8 Å². The van der Waals surface area contributed by atoms with Gasteiger partial charge >= 0.3 is 0 Å². The molecular formula is C15H21FN2O2S. The van der Waals surface area contributed by atoms with Gasteiger partial charge in [-0.05, 0) is 44.5 Å². The quantitative estimate of drug-likeness (QED) is 0.814. The fourth-order valence-corrected chi connectivity index (χ4v) is 2.16. The van der Waals surface area contributed by atoms with Crippen LogP contribution >= 0.6 is 11.8 Å². The summed E-state index contributed by atoms with van der Waals surface area (Å²) >= 11 is 1.27. The Morgan fingerprint density at radius 3 is 2.43 bits per heavy atom. The van der Waals surface area contributed by atoms with Gasteiger partial charge < -0.3 is 10.6 Å². The summed E-state index contributed by atoms with van der Waals surface area (Å²) in [7, 11) is 0. The van der Waals surface area contributed by atoms with E-state index in [4.69, 9.17) is 0 Å². The van der Waals surface area contributed by atoms with Gasteiger partial charge in [-0.2, -0.15) is 0 Å². The fourth-order valence-electron chi connectivity index (χ4n) is 1.47. The Morgan fingerprint density at radius 2 is 1.86 bits per heavy atom. The van der Waals surface area contributed by atoms with Gasteiger partial charge in [0.25, 0.3) is 0 Å². The second kappa shape index (κ2) is 8.67. The summed E-state index contributed by atoms with van der Waals surface area (Å²) in [5, 5.41) is 5.24. The van der Waals surface area contributed by atoms with Crippen LogP contribution in [0.5, 0.6) is 0 Å². The van der Waals surface area contributed by atoms with Crippen molar-refractivity contribution in [1.82, 2.24) is 5.32 Å². The minimum atomic E-state index is -0.349. The molecule has 0 aliphatic carbocycles. The Balaban J connectivity index is 2.35. The minimum absolute atomic E-state index is 0.0658. The van der Waals surface area contributed by atoms with Gasteiger partial charge in [-0.1, -0.05) is 6.92 Å². The summed E-state index contributed by atoms with van der Waals surface area (Å²) in [6, 6.07) is 5.69. The molecule has 0 saturated heterocycles. The van der Waals surface area contributed by atoms with Crippen molar-refractivity contribution in [2.45, 2.75) is 38.5 Å². The predicted molar refractivity (Wildman–Crippen MR) is 84.8 cm³/mol. The van der Waals surface area contributed by atoms with Crippen molar-refractivity contribution >= 4 is 29.3 Å². The van der Waals surface area contributed by atoms with Crippen LogP contribution in [0.1, 0.15) is 27.2 Å². The lowest BCUT2D eigenvalue weighted by Crippen LogP contribution is -2.37. The van der Waals surface area contributed by atoms with E-state index in [9.17, 15) is 14.0 Å². The molecule has 0 saturated carbocycles. The minimum Gasteiger partial charge on any atom is -0.353 e. The van der Waals surface area contributed by atoms with Crippen molar-refractivity contribution in [3.8, 4) is 0 Å². The molecule has 1 rings (SSSR count). The number of halogens is 1. The lowest BCUT2D eigenvalue weighted by atomic mass is 10.2. The number of carbonyl (C=O) groups excluding carboxylic acids is 2. The average Bonchev–Trinajstić information content (AvgIpc) is 2.46. The smallest absolute Gasteiger partial charge is 0.234 e. The molecule has 2 unspecified atom stereocenters. The van der Waals surface area contributed by atoms with E-state index in [2.05, 4.69) is 10.6 Å². The summed E-state index contributed by atoms with van der Waals surface area (Å²) in [4.78, 5) is 23.6. The second-order valence-corrected chi connectivity index (χ2v) is 6.16. The molecule has 0 aliphatic heterocycles. The van der Waals surface area contributed by atoms with Gasteiger partial charge in [0.2, 0.25) is 11.8 Å². The van der Waals surface area contributed by atoms with Crippen molar-refractivity contribution in [2.75, 3.05) is 11.1 Å². The third-order valence-electron chi connectivity index (χ3n) is 2.96. The predicted octanol–water partition coefficient (Wildman–Crippen LogP) is 2.80. The molecule has 21 heavy (non-hydrogen) atoms. The van der Waals surface area contributed by atoms with E-state index in [0.717, 1.165) is 6.42 Å². The standard InChI is InChI=1S/C15H21FN2O2S/c1-4-10(2)17-15(20)11(3)21-9-14(19)18-13-7-5-12(16)6-8-13/h5-8,10-11H,4,9H2,1-3H3,(H,17,20)(H,18,19). The van der Waals surface area contributed by atoms with Gasteiger partial charge in [0.1, 0.15) is 5.82 Å². The van der Waals surface area contributed by atoms with Crippen LogP contribution in [-0.2, 0) is 9.59 Å². The van der Waals surface area contributed by atoms with Crippen molar-refractivity contribution in [2.24, 2.45) is 0 Å². The van der Waals surface area contributed by atoms with E-state index in [1.165, 1.54) is 36.0 Å². The number of carbonyl (C=O) groups is 2. The first kappa shape index (κ1) is 17.5. The molecular weight excluding hydrogens is 291 g/mol.